The largest absolute Gasteiger partial charge is 0.480 e. The quantitative estimate of drug-likeness (QED) is 0.831. The lowest BCUT2D eigenvalue weighted by molar-refractivity contribution is -0.186. The fourth-order valence-electron chi connectivity index (χ4n) is 2.35. The molecule has 2 N–H and O–H groups in total. The number of carboxylic acid groups (broad SMARTS) is 1. The molecule has 19 heavy (non-hydrogen) atoms. The summed E-state index contributed by atoms with van der Waals surface area (Å²) >= 11 is 0. The van der Waals surface area contributed by atoms with Crippen LogP contribution in [0.4, 0.5) is 13.2 Å². The third-order valence-corrected chi connectivity index (χ3v) is 3.53. The highest BCUT2D eigenvalue weighted by Gasteiger charge is 2.43. The van der Waals surface area contributed by atoms with E-state index in [2.05, 4.69) is 5.32 Å². The summed E-state index contributed by atoms with van der Waals surface area (Å²) in [5.41, 5.74) is 0. The van der Waals surface area contributed by atoms with E-state index in [1.807, 2.05) is 0 Å². The SMILES string of the molecule is CC[C@H](NC(=O)C1CCCC(C(F)(F)F)C1)C(=O)O. The average molecular weight is 281 g/mol. The minimum atomic E-state index is -4.28. The number of carboxylic acids is 1. The van der Waals surface area contributed by atoms with Crippen molar-refractivity contribution in [3.8, 4) is 0 Å². The number of carbonyl (C=O) groups excluding carboxylic acids is 1. The van der Waals surface area contributed by atoms with Crippen LogP contribution in [0.1, 0.15) is 39.0 Å². The molecule has 0 spiro atoms. The molecule has 0 aromatic heterocycles. The van der Waals surface area contributed by atoms with Gasteiger partial charge < -0.3 is 10.4 Å². The van der Waals surface area contributed by atoms with Crippen LogP contribution < -0.4 is 5.32 Å². The lowest BCUT2D eigenvalue weighted by Gasteiger charge is -2.30. The lowest BCUT2D eigenvalue weighted by Crippen LogP contribution is -2.45. The number of alkyl halides is 3. The molecule has 1 saturated carbocycles. The molecule has 2 unspecified atom stereocenters. The number of carbonyl (C=O) groups is 2. The van der Waals surface area contributed by atoms with Crippen molar-refractivity contribution in [1.82, 2.24) is 5.32 Å². The Bertz CT molecular complexity index is 344. The van der Waals surface area contributed by atoms with E-state index in [0.29, 0.717) is 12.8 Å². The fraction of sp³-hybridized carbons (Fsp3) is 0.833. The molecule has 0 heterocycles. The zero-order chi connectivity index (χ0) is 14.6. The molecule has 4 nitrogen and oxygen atoms in total. The first-order chi connectivity index (χ1) is 8.75. The Morgan fingerprint density at radius 2 is 2.00 bits per heavy atom. The van der Waals surface area contributed by atoms with Crippen molar-refractivity contribution in [3.63, 3.8) is 0 Å². The Hall–Kier alpha value is -1.27. The average Bonchev–Trinajstić information content (AvgIpc) is 2.34. The first-order valence-electron chi connectivity index (χ1n) is 6.35. The van der Waals surface area contributed by atoms with Crippen molar-refractivity contribution in [3.05, 3.63) is 0 Å². The second-order valence-corrected chi connectivity index (χ2v) is 4.91. The highest BCUT2D eigenvalue weighted by Crippen LogP contribution is 2.39. The standard InChI is InChI=1S/C12H18F3NO3/c1-2-9(11(18)19)16-10(17)7-4-3-5-8(6-7)12(13,14)15/h7-9H,2-6H2,1H3,(H,16,17)(H,18,19)/t7?,8?,9-/m0/s1. The predicted octanol–water partition coefficient (Wildman–Crippen LogP) is 2.33. The summed E-state index contributed by atoms with van der Waals surface area (Å²) in [6, 6.07) is -1.03. The Morgan fingerprint density at radius 3 is 2.47 bits per heavy atom. The van der Waals surface area contributed by atoms with Gasteiger partial charge in [-0.05, 0) is 25.7 Å². The van der Waals surface area contributed by atoms with Crippen molar-refractivity contribution in [2.24, 2.45) is 11.8 Å². The topological polar surface area (TPSA) is 66.4 Å². The van der Waals surface area contributed by atoms with Crippen LogP contribution >= 0.6 is 0 Å². The van der Waals surface area contributed by atoms with Crippen LogP contribution in [0.25, 0.3) is 0 Å². The molecule has 1 rings (SSSR count). The second kappa shape index (κ2) is 6.25. The molecule has 0 aromatic rings. The highest BCUT2D eigenvalue weighted by atomic mass is 19.4. The van der Waals surface area contributed by atoms with E-state index < -0.39 is 35.9 Å². The van der Waals surface area contributed by atoms with Crippen LogP contribution in [0.3, 0.4) is 0 Å². The van der Waals surface area contributed by atoms with Gasteiger partial charge in [-0.3, -0.25) is 4.79 Å². The van der Waals surface area contributed by atoms with Gasteiger partial charge in [-0.25, -0.2) is 4.79 Å². The summed E-state index contributed by atoms with van der Waals surface area (Å²) in [6.07, 6.45) is -3.55. The summed E-state index contributed by atoms with van der Waals surface area (Å²) in [5, 5.41) is 11.1. The number of halogens is 3. The molecular weight excluding hydrogens is 263 g/mol. The molecule has 1 aliphatic carbocycles. The third-order valence-electron chi connectivity index (χ3n) is 3.53. The molecule has 0 aromatic carbocycles. The zero-order valence-electron chi connectivity index (χ0n) is 10.7. The van der Waals surface area contributed by atoms with E-state index >= 15 is 0 Å². The molecule has 3 atom stereocenters. The van der Waals surface area contributed by atoms with Crippen molar-refractivity contribution < 1.29 is 27.9 Å². The van der Waals surface area contributed by atoms with Crippen molar-refractivity contribution in [2.75, 3.05) is 0 Å². The van der Waals surface area contributed by atoms with Crippen LogP contribution in [-0.2, 0) is 9.59 Å². The summed E-state index contributed by atoms with van der Waals surface area (Å²) < 4.78 is 37.8. The van der Waals surface area contributed by atoms with Crippen molar-refractivity contribution >= 4 is 11.9 Å². The van der Waals surface area contributed by atoms with Gasteiger partial charge >= 0.3 is 12.1 Å². The van der Waals surface area contributed by atoms with E-state index in [1.54, 1.807) is 6.92 Å². The maximum absolute atomic E-state index is 12.6. The van der Waals surface area contributed by atoms with Crippen LogP contribution in [0, 0.1) is 11.8 Å². The first kappa shape index (κ1) is 15.8. The number of hydrogen-bond acceptors (Lipinski definition) is 2. The Balaban J connectivity index is 2.60. The zero-order valence-corrected chi connectivity index (χ0v) is 10.7. The van der Waals surface area contributed by atoms with Gasteiger partial charge in [-0.15, -0.1) is 0 Å². The van der Waals surface area contributed by atoms with Gasteiger partial charge in [0.25, 0.3) is 0 Å². The molecule has 110 valence electrons. The van der Waals surface area contributed by atoms with Gasteiger partial charge in [-0.2, -0.15) is 13.2 Å². The molecule has 1 amide bonds. The fourth-order valence-corrected chi connectivity index (χ4v) is 2.35. The maximum Gasteiger partial charge on any atom is 0.391 e. The molecule has 1 fully saturated rings. The number of rotatable bonds is 4. The number of hydrogen-bond donors (Lipinski definition) is 2. The molecule has 1 aliphatic rings. The Labute approximate surface area is 109 Å². The highest BCUT2D eigenvalue weighted by molar-refractivity contribution is 5.84. The van der Waals surface area contributed by atoms with Gasteiger partial charge in [0.15, 0.2) is 0 Å². The second-order valence-electron chi connectivity index (χ2n) is 4.91. The van der Waals surface area contributed by atoms with E-state index in [1.165, 1.54) is 0 Å². The summed E-state index contributed by atoms with van der Waals surface area (Å²) in [6.45, 7) is 1.60. The molecular formula is C12H18F3NO3. The monoisotopic (exact) mass is 281 g/mol. The van der Waals surface area contributed by atoms with Gasteiger partial charge in [0.2, 0.25) is 5.91 Å². The number of aliphatic carboxylic acids is 1. The summed E-state index contributed by atoms with van der Waals surface area (Å²) in [4.78, 5) is 22.6. The smallest absolute Gasteiger partial charge is 0.391 e. The minimum absolute atomic E-state index is 0.0451. The lowest BCUT2D eigenvalue weighted by atomic mass is 9.80. The predicted molar refractivity (Wildman–Crippen MR) is 61.4 cm³/mol. The van der Waals surface area contributed by atoms with Gasteiger partial charge in [0.1, 0.15) is 6.04 Å². The first-order valence-corrected chi connectivity index (χ1v) is 6.35. The Morgan fingerprint density at radius 1 is 1.37 bits per heavy atom. The Kier molecular flexibility index (Phi) is 5.20. The van der Waals surface area contributed by atoms with E-state index in [-0.39, 0.29) is 19.3 Å². The third kappa shape index (κ3) is 4.40. The molecule has 0 aliphatic heterocycles. The molecule has 0 radical (unpaired) electrons. The number of nitrogens with one attached hydrogen (secondary N) is 1. The van der Waals surface area contributed by atoms with E-state index in [9.17, 15) is 22.8 Å². The van der Waals surface area contributed by atoms with Crippen LogP contribution in [0.2, 0.25) is 0 Å². The van der Waals surface area contributed by atoms with Gasteiger partial charge in [-0.1, -0.05) is 13.3 Å². The summed E-state index contributed by atoms with van der Waals surface area (Å²) in [7, 11) is 0. The van der Waals surface area contributed by atoms with Gasteiger partial charge in [0.05, 0.1) is 5.92 Å². The molecule has 7 heteroatoms. The van der Waals surface area contributed by atoms with E-state index in [4.69, 9.17) is 5.11 Å². The van der Waals surface area contributed by atoms with Crippen molar-refractivity contribution in [2.45, 2.75) is 51.2 Å². The van der Waals surface area contributed by atoms with Gasteiger partial charge in [0, 0.05) is 5.92 Å². The van der Waals surface area contributed by atoms with Crippen LogP contribution in [0.15, 0.2) is 0 Å². The normalized spacial score (nSPS) is 25.7. The van der Waals surface area contributed by atoms with E-state index in [0.717, 1.165) is 0 Å². The molecule has 0 bridgehead atoms. The molecule has 0 saturated heterocycles. The van der Waals surface area contributed by atoms with Crippen LogP contribution in [0.5, 0.6) is 0 Å². The van der Waals surface area contributed by atoms with Crippen molar-refractivity contribution in [1.29, 1.82) is 0 Å². The minimum Gasteiger partial charge on any atom is -0.480 e. The van der Waals surface area contributed by atoms with Crippen LogP contribution in [-0.4, -0.2) is 29.2 Å². The number of amides is 1. The maximum atomic E-state index is 12.6. The summed E-state index contributed by atoms with van der Waals surface area (Å²) in [5.74, 6) is -3.95.